The summed E-state index contributed by atoms with van der Waals surface area (Å²) in [6.07, 6.45) is 0. The van der Waals surface area contributed by atoms with Crippen LogP contribution in [0.15, 0.2) is 18.2 Å². The molecule has 0 bridgehead atoms. The van der Waals surface area contributed by atoms with Crippen LogP contribution in [-0.2, 0) is 29.4 Å². The molecule has 0 aromatic heterocycles. The van der Waals surface area contributed by atoms with E-state index < -0.39 is 0 Å². The summed E-state index contributed by atoms with van der Waals surface area (Å²) in [7, 11) is 0. The lowest BCUT2D eigenvalue weighted by molar-refractivity contribution is -0.142. The van der Waals surface area contributed by atoms with Crippen molar-refractivity contribution >= 4 is 5.97 Å². The Morgan fingerprint density at radius 3 is 2.47 bits per heavy atom. The van der Waals surface area contributed by atoms with Gasteiger partial charge in [-0.2, -0.15) is 0 Å². The van der Waals surface area contributed by atoms with Gasteiger partial charge in [0.1, 0.15) is 6.61 Å². The molecule has 0 heterocycles. The molecule has 0 atom stereocenters. The number of esters is 1. The number of aliphatic hydroxyl groups excluding tert-OH is 2. The van der Waals surface area contributed by atoms with Gasteiger partial charge in [0.15, 0.2) is 0 Å². The van der Waals surface area contributed by atoms with Crippen molar-refractivity contribution in [2.75, 3.05) is 0 Å². The van der Waals surface area contributed by atoms with Gasteiger partial charge in [0, 0.05) is 6.92 Å². The van der Waals surface area contributed by atoms with Crippen LogP contribution in [0.3, 0.4) is 0 Å². The Kier molecular flexibility index (Phi) is 4.27. The molecule has 0 saturated heterocycles. The summed E-state index contributed by atoms with van der Waals surface area (Å²) in [5.41, 5.74) is 2.14. The van der Waals surface area contributed by atoms with Crippen molar-refractivity contribution in [3.8, 4) is 0 Å². The first-order valence-corrected chi connectivity index (χ1v) is 4.63. The van der Waals surface area contributed by atoms with Gasteiger partial charge in [0.05, 0.1) is 13.2 Å². The van der Waals surface area contributed by atoms with Crippen LogP contribution in [0, 0.1) is 0 Å². The number of carbonyl (C=O) groups is 1. The molecule has 1 rings (SSSR count). The normalized spacial score (nSPS) is 10.1. The van der Waals surface area contributed by atoms with E-state index in [-0.39, 0.29) is 25.8 Å². The minimum atomic E-state index is -0.341. The number of hydrogen-bond donors (Lipinski definition) is 2. The van der Waals surface area contributed by atoms with Crippen molar-refractivity contribution in [3.05, 3.63) is 34.9 Å². The first-order valence-electron chi connectivity index (χ1n) is 4.63. The first kappa shape index (κ1) is 11.7. The van der Waals surface area contributed by atoms with E-state index in [1.807, 2.05) is 0 Å². The fourth-order valence-corrected chi connectivity index (χ4v) is 1.26. The van der Waals surface area contributed by atoms with Gasteiger partial charge in [-0.25, -0.2) is 0 Å². The molecule has 0 aliphatic rings. The Hall–Kier alpha value is -1.39. The minimum Gasteiger partial charge on any atom is -0.461 e. The summed E-state index contributed by atoms with van der Waals surface area (Å²) in [5, 5.41) is 18.0. The number of ether oxygens (including phenoxy) is 1. The van der Waals surface area contributed by atoms with Crippen LogP contribution >= 0.6 is 0 Å². The third-order valence-corrected chi connectivity index (χ3v) is 2.05. The summed E-state index contributed by atoms with van der Waals surface area (Å²) < 4.78 is 4.82. The van der Waals surface area contributed by atoms with E-state index in [0.717, 1.165) is 5.56 Å². The van der Waals surface area contributed by atoms with Gasteiger partial charge in [0.2, 0.25) is 0 Å². The van der Waals surface area contributed by atoms with E-state index in [1.165, 1.54) is 6.92 Å². The fraction of sp³-hybridized carbons (Fsp3) is 0.364. The molecule has 0 amide bonds. The molecule has 2 N–H and O–H groups in total. The zero-order chi connectivity index (χ0) is 11.3. The molecule has 0 aliphatic carbocycles. The van der Waals surface area contributed by atoms with E-state index in [0.29, 0.717) is 11.1 Å². The summed E-state index contributed by atoms with van der Waals surface area (Å²) in [6.45, 7) is 1.29. The van der Waals surface area contributed by atoms with Crippen molar-refractivity contribution in [2.24, 2.45) is 0 Å². The predicted octanol–water partition coefficient (Wildman–Crippen LogP) is 0.734. The van der Waals surface area contributed by atoms with Gasteiger partial charge in [-0.3, -0.25) is 4.79 Å². The number of aliphatic hydroxyl groups is 2. The highest BCUT2D eigenvalue weighted by Crippen LogP contribution is 2.13. The van der Waals surface area contributed by atoms with Gasteiger partial charge < -0.3 is 14.9 Å². The quantitative estimate of drug-likeness (QED) is 0.719. The monoisotopic (exact) mass is 210 g/mol. The maximum absolute atomic E-state index is 10.6. The Morgan fingerprint density at radius 1 is 1.27 bits per heavy atom. The number of carbonyl (C=O) groups excluding carboxylic acids is 1. The molecule has 15 heavy (non-hydrogen) atoms. The Bertz CT molecular complexity index is 346. The van der Waals surface area contributed by atoms with Crippen molar-refractivity contribution in [2.45, 2.75) is 26.7 Å². The molecule has 0 unspecified atom stereocenters. The summed E-state index contributed by atoms with van der Waals surface area (Å²) >= 11 is 0. The predicted molar refractivity (Wildman–Crippen MR) is 53.8 cm³/mol. The average Bonchev–Trinajstić information content (AvgIpc) is 2.25. The summed E-state index contributed by atoms with van der Waals surface area (Å²) in [6, 6.07) is 5.19. The van der Waals surface area contributed by atoms with Crippen LogP contribution in [0.5, 0.6) is 0 Å². The second-order valence-corrected chi connectivity index (χ2v) is 3.20. The third-order valence-electron chi connectivity index (χ3n) is 2.05. The number of benzene rings is 1. The smallest absolute Gasteiger partial charge is 0.302 e. The summed E-state index contributed by atoms with van der Waals surface area (Å²) in [4.78, 5) is 10.6. The molecular weight excluding hydrogens is 196 g/mol. The Balaban J connectivity index is 2.78. The Morgan fingerprint density at radius 2 is 1.93 bits per heavy atom. The van der Waals surface area contributed by atoms with Gasteiger partial charge in [-0.1, -0.05) is 12.1 Å². The number of rotatable bonds is 4. The molecule has 1 aromatic carbocycles. The maximum Gasteiger partial charge on any atom is 0.302 e. The van der Waals surface area contributed by atoms with E-state index in [1.54, 1.807) is 18.2 Å². The van der Waals surface area contributed by atoms with E-state index in [2.05, 4.69) is 0 Å². The van der Waals surface area contributed by atoms with Crippen molar-refractivity contribution in [1.29, 1.82) is 0 Å². The standard InChI is InChI=1S/C11H14O4/c1-8(14)15-7-9-2-3-10(5-12)11(4-9)6-13/h2-4,12-13H,5-7H2,1H3. The molecular formula is C11H14O4. The van der Waals surface area contributed by atoms with E-state index in [9.17, 15) is 4.79 Å². The zero-order valence-corrected chi connectivity index (χ0v) is 8.56. The lowest BCUT2D eigenvalue weighted by Crippen LogP contribution is -2.01. The van der Waals surface area contributed by atoms with Crippen LogP contribution in [-0.4, -0.2) is 16.2 Å². The van der Waals surface area contributed by atoms with E-state index in [4.69, 9.17) is 14.9 Å². The Labute approximate surface area is 88.1 Å². The highest BCUT2D eigenvalue weighted by atomic mass is 16.5. The van der Waals surface area contributed by atoms with Gasteiger partial charge >= 0.3 is 5.97 Å². The molecule has 0 saturated carbocycles. The van der Waals surface area contributed by atoms with Crippen molar-refractivity contribution in [1.82, 2.24) is 0 Å². The van der Waals surface area contributed by atoms with Gasteiger partial charge in [0.25, 0.3) is 0 Å². The molecule has 4 heteroatoms. The van der Waals surface area contributed by atoms with Crippen LogP contribution in [0.4, 0.5) is 0 Å². The maximum atomic E-state index is 10.6. The average molecular weight is 210 g/mol. The summed E-state index contributed by atoms with van der Waals surface area (Å²) in [5.74, 6) is -0.341. The third kappa shape index (κ3) is 3.34. The minimum absolute atomic E-state index is 0.107. The van der Waals surface area contributed by atoms with Gasteiger partial charge in [-0.05, 0) is 22.8 Å². The largest absolute Gasteiger partial charge is 0.461 e. The highest BCUT2D eigenvalue weighted by Gasteiger charge is 2.03. The second kappa shape index (κ2) is 5.48. The molecule has 82 valence electrons. The van der Waals surface area contributed by atoms with Crippen LogP contribution < -0.4 is 0 Å². The number of hydrogen-bond acceptors (Lipinski definition) is 4. The second-order valence-electron chi connectivity index (χ2n) is 3.20. The molecule has 0 radical (unpaired) electrons. The molecule has 0 spiro atoms. The molecule has 1 aromatic rings. The van der Waals surface area contributed by atoms with Crippen LogP contribution in [0.25, 0.3) is 0 Å². The topological polar surface area (TPSA) is 66.8 Å². The lowest BCUT2D eigenvalue weighted by Gasteiger charge is -2.08. The SMILES string of the molecule is CC(=O)OCc1ccc(CO)c(CO)c1. The van der Waals surface area contributed by atoms with Gasteiger partial charge in [-0.15, -0.1) is 0 Å². The van der Waals surface area contributed by atoms with Crippen LogP contribution in [0.1, 0.15) is 23.6 Å². The lowest BCUT2D eigenvalue weighted by atomic mass is 10.1. The van der Waals surface area contributed by atoms with Crippen LogP contribution in [0.2, 0.25) is 0 Å². The highest BCUT2D eigenvalue weighted by molar-refractivity contribution is 5.65. The fourth-order valence-electron chi connectivity index (χ4n) is 1.26. The van der Waals surface area contributed by atoms with Crippen molar-refractivity contribution in [3.63, 3.8) is 0 Å². The zero-order valence-electron chi connectivity index (χ0n) is 8.56. The molecule has 0 fully saturated rings. The van der Waals surface area contributed by atoms with E-state index >= 15 is 0 Å². The molecule has 4 nitrogen and oxygen atoms in total. The first-order chi connectivity index (χ1) is 7.17. The molecule has 0 aliphatic heterocycles. The van der Waals surface area contributed by atoms with Crippen molar-refractivity contribution < 1.29 is 19.7 Å².